The molecule has 1 N–H and O–H groups in total. The van der Waals surface area contributed by atoms with Crippen molar-refractivity contribution in [1.29, 1.82) is 0 Å². The predicted octanol–water partition coefficient (Wildman–Crippen LogP) is 2.85. The second-order valence-electron chi connectivity index (χ2n) is 4.25. The number of hydrogen-bond acceptors (Lipinski definition) is 2. The number of amides is 1. The molecule has 1 aromatic rings. The van der Waals surface area contributed by atoms with Gasteiger partial charge in [0.05, 0.1) is 5.56 Å². The van der Waals surface area contributed by atoms with Gasteiger partial charge in [0.15, 0.2) is 5.78 Å². The van der Waals surface area contributed by atoms with Gasteiger partial charge >= 0.3 is 6.18 Å². The van der Waals surface area contributed by atoms with E-state index in [1.54, 1.807) is 0 Å². The van der Waals surface area contributed by atoms with Crippen LogP contribution in [0.5, 0.6) is 0 Å². The Morgan fingerprint density at radius 3 is 2.58 bits per heavy atom. The van der Waals surface area contributed by atoms with Crippen LogP contribution in [0, 0.1) is 5.82 Å². The molecule has 0 unspecified atom stereocenters. The van der Waals surface area contributed by atoms with Gasteiger partial charge in [-0.1, -0.05) is 0 Å². The number of nitrogens with one attached hydrogen (secondary N) is 1. The fourth-order valence-corrected chi connectivity index (χ4v) is 1.89. The number of carbonyl (C=O) groups excluding carboxylic acids is 2. The van der Waals surface area contributed by atoms with Crippen molar-refractivity contribution >= 4 is 17.4 Å². The van der Waals surface area contributed by atoms with E-state index in [1.807, 2.05) is 0 Å². The zero-order chi connectivity index (χ0) is 14.2. The van der Waals surface area contributed by atoms with Crippen LogP contribution in [0.4, 0.5) is 23.2 Å². The minimum atomic E-state index is -4.67. The Labute approximate surface area is 105 Å². The lowest BCUT2D eigenvalue weighted by atomic mass is 9.97. The summed E-state index contributed by atoms with van der Waals surface area (Å²) in [7, 11) is 0. The molecule has 0 fully saturated rings. The first-order valence-electron chi connectivity index (χ1n) is 5.48. The van der Waals surface area contributed by atoms with Crippen molar-refractivity contribution < 1.29 is 27.2 Å². The van der Waals surface area contributed by atoms with Crippen LogP contribution >= 0.6 is 0 Å². The zero-order valence-electron chi connectivity index (χ0n) is 9.60. The maximum absolute atomic E-state index is 13.6. The number of rotatable bonds is 2. The highest BCUT2D eigenvalue weighted by Gasteiger charge is 2.33. The highest BCUT2D eigenvalue weighted by molar-refractivity contribution is 5.99. The van der Waals surface area contributed by atoms with Crippen LogP contribution in [0.3, 0.4) is 0 Å². The molecule has 0 radical (unpaired) electrons. The van der Waals surface area contributed by atoms with Crippen LogP contribution in [-0.2, 0) is 11.2 Å². The molecule has 0 saturated carbocycles. The zero-order valence-corrected chi connectivity index (χ0v) is 9.60. The second kappa shape index (κ2) is 4.64. The van der Waals surface area contributed by atoms with Crippen LogP contribution in [0.1, 0.15) is 28.8 Å². The summed E-state index contributed by atoms with van der Waals surface area (Å²) in [6.07, 6.45) is -5.94. The van der Waals surface area contributed by atoms with Crippen LogP contribution < -0.4 is 5.32 Å². The molecular formula is C12H9F4NO2. The fraction of sp³-hybridized carbons (Fsp3) is 0.333. The highest BCUT2D eigenvalue weighted by Crippen LogP contribution is 2.28. The number of fused-ring (bicyclic) bond motifs is 1. The molecule has 2 rings (SSSR count). The van der Waals surface area contributed by atoms with E-state index < -0.39 is 29.8 Å². The normalized spacial score (nSPS) is 14.8. The minimum absolute atomic E-state index is 0.158. The van der Waals surface area contributed by atoms with Gasteiger partial charge in [-0.15, -0.1) is 0 Å². The van der Waals surface area contributed by atoms with Crippen molar-refractivity contribution in [3.05, 3.63) is 29.1 Å². The molecule has 1 aliphatic heterocycles. The van der Waals surface area contributed by atoms with Crippen LogP contribution in [0.25, 0.3) is 0 Å². The highest BCUT2D eigenvalue weighted by atomic mass is 19.4. The summed E-state index contributed by atoms with van der Waals surface area (Å²) >= 11 is 0. The lowest BCUT2D eigenvalue weighted by molar-refractivity contribution is -0.125. The van der Waals surface area contributed by atoms with Crippen LogP contribution in [0.15, 0.2) is 12.1 Å². The van der Waals surface area contributed by atoms with Gasteiger partial charge in [0, 0.05) is 12.1 Å². The minimum Gasteiger partial charge on any atom is -0.326 e. The molecule has 7 heteroatoms. The Morgan fingerprint density at radius 1 is 1.26 bits per heavy atom. The molecule has 0 aromatic heterocycles. The second-order valence-corrected chi connectivity index (χ2v) is 4.25. The van der Waals surface area contributed by atoms with E-state index in [-0.39, 0.29) is 24.4 Å². The molecule has 1 heterocycles. The molecule has 102 valence electrons. The van der Waals surface area contributed by atoms with Gasteiger partial charge in [-0.3, -0.25) is 9.59 Å². The molecule has 19 heavy (non-hydrogen) atoms. The van der Waals surface area contributed by atoms with E-state index in [2.05, 4.69) is 5.32 Å². The third kappa shape index (κ3) is 3.10. The Kier molecular flexibility index (Phi) is 3.30. The van der Waals surface area contributed by atoms with E-state index >= 15 is 0 Å². The molecule has 0 aliphatic carbocycles. The van der Waals surface area contributed by atoms with Gasteiger partial charge in [-0.2, -0.15) is 13.2 Å². The molecule has 1 aliphatic rings. The third-order valence-electron chi connectivity index (χ3n) is 2.75. The van der Waals surface area contributed by atoms with Crippen LogP contribution in [-0.4, -0.2) is 17.9 Å². The number of hydrogen-bond donors (Lipinski definition) is 1. The fourth-order valence-electron chi connectivity index (χ4n) is 1.89. The lowest BCUT2D eigenvalue weighted by Gasteiger charge is -2.18. The van der Waals surface area contributed by atoms with E-state index in [1.165, 1.54) is 0 Å². The quantitative estimate of drug-likeness (QED) is 0.666. The van der Waals surface area contributed by atoms with E-state index in [9.17, 15) is 27.2 Å². The number of anilines is 1. The summed E-state index contributed by atoms with van der Waals surface area (Å²) in [6.45, 7) is 0. The van der Waals surface area contributed by atoms with Crippen molar-refractivity contribution in [1.82, 2.24) is 0 Å². The van der Waals surface area contributed by atoms with Gasteiger partial charge in [0.2, 0.25) is 5.91 Å². The maximum atomic E-state index is 13.6. The van der Waals surface area contributed by atoms with Crippen molar-refractivity contribution in [3.8, 4) is 0 Å². The first kappa shape index (κ1) is 13.5. The number of alkyl halides is 3. The number of Topliss-reactive ketones (excluding diaryl/α,β-unsaturated/α-hetero) is 1. The van der Waals surface area contributed by atoms with E-state index in [0.717, 1.165) is 12.1 Å². The summed E-state index contributed by atoms with van der Waals surface area (Å²) in [5.74, 6) is -2.67. The van der Waals surface area contributed by atoms with Gasteiger partial charge in [0.25, 0.3) is 0 Å². The third-order valence-corrected chi connectivity index (χ3v) is 2.75. The largest absolute Gasteiger partial charge is 0.396 e. The van der Waals surface area contributed by atoms with Gasteiger partial charge in [0.1, 0.15) is 12.2 Å². The summed E-state index contributed by atoms with van der Waals surface area (Å²) in [4.78, 5) is 22.5. The Balaban J connectivity index is 2.33. The standard InChI is InChI=1S/C12H9F4NO2/c13-8-4-9-6(1-2-11(19)17-9)3-7(8)10(18)5-12(14,15)16/h3-4H,1-2,5H2,(H,17,19). The molecule has 1 amide bonds. The van der Waals surface area contributed by atoms with Crippen molar-refractivity contribution in [3.63, 3.8) is 0 Å². The Hall–Kier alpha value is -1.92. The summed E-state index contributed by atoms with van der Waals surface area (Å²) in [5, 5.41) is 2.40. The van der Waals surface area contributed by atoms with E-state index in [0.29, 0.717) is 5.56 Å². The maximum Gasteiger partial charge on any atom is 0.396 e. The Morgan fingerprint density at radius 2 is 1.95 bits per heavy atom. The molecule has 0 saturated heterocycles. The number of halogens is 4. The number of aryl methyl sites for hydroxylation is 1. The predicted molar refractivity (Wildman–Crippen MR) is 58.4 cm³/mol. The van der Waals surface area contributed by atoms with E-state index in [4.69, 9.17) is 0 Å². The smallest absolute Gasteiger partial charge is 0.326 e. The number of benzene rings is 1. The molecule has 1 aromatic carbocycles. The monoisotopic (exact) mass is 275 g/mol. The van der Waals surface area contributed by atoms with Gasteiger partial charge in [-0.25, -0.2) is 4.39 Å². The molecule has 0 bridgehead atoms. The molecule has 0 spiro atoms. The summed E-state index contributed by atoms with van der Waals surface area (Å²) in [5.41, 5.74) is 0.0797. The molecule has 0 atom stereocenters. The number of ketones is 1. The van der Waals surface area contributed by atoms with Gasteiger partial charge in [-0.05, 0) is 24.1 Å². The van der Waals surface area contributed by atoms with Crippen LogP contribution in [0.2, 0.25) is 0 Å². The molecular weight excluding hydrogens is 266 g/mol. The van der Waals surface area contributed by atoms with Crippen molar-refractivity contribution in [2.45, 2.75) is 25.4 Å². The number of carbonyl (C=O) groups is 2. The average molecular weight is 275 g/mol. The summed E-state index contributed by atoms with van der Waals surface area (Å²) < 4.78 is 49.9. The first-order chi connectivity index (χ1) is 8.76. The van der Waals surface area contributed by atoms with Gasteiger partial charge < -0.3 is 5.32 Å². The van der Waals surface area contributed by atoms with Crippen molar-refractivity contribution in [2.24, 2.45) is 0 Å². The SMILES string of the molecule is O=C1CCc2cc(C(=O)CC(F)(F)F)c(F)cc2N1. The lowest BCUT2D eigenvalue weighted by Crippen LogP contribution is -2.21. The summed E-state index contributed by atoms with van der Waals surface area (Å²) in [6, 6.07) is 1.97. The average Bonchev–Trinajstić information content (AvgIpc) is 2.25. The topological polar surface area (TPSA) is 46.2 Å². The first-order valence-corrected chi connectivity index (χ1v) is 5.48. The van der Waals surface area contributed by atoms with Crippen molar-refractivity contribution in [2.75, 3.05) is 5.32 Å². The molecule has 3 nitrogen and oxygen atoms in total. The Bertz CT molecular complexity index is 551.